The Bertz CT molecular complexity index is 583. The number of hydrogen-bond acceptors (Lipinski definition) is 5. The molecule has 0 unspecified atom stereocenters. The number of rotatable bonds is 6. The molecule has 0 aliphatic rings. The largest absolute Gasteiger partial charge is 0.329 e. The Morgan fingerprint density at radius 2 is 1.85 bits per heavy atom. The van der Waals surface area contributed by atoms with Crippen molar-refractivity contribution < 1.29 is 13.3 Å². The maximum absolute atomic E-state index is 12.3. The topological polar surface area (TPSA) is 115 Å². The van der Waals surface area contributed by atoms with Crippen molar-refractivity contribution in [3.63, 3.8) is 0 Å². The number of non-ortho nitro benzene ring substituents is 1. The van der Waals surface area contributed by atoms with Crippen LogP contribution in [0.1, 0.15) is 20.8 Å². The molecule has 0 aliphatic carbocycles. The van der Waals surface area contributed by atoms with Gasteiger partial charge in [0.1, 0.15) is 0 Å². The molecule has 0 saturated carbocycles. The zero-order valence-electron chi connectivity index (χ0n) is 11.7. The molecule has 0 aliphatic heterocycles. The molecular weight excluding hydrogens is 282 g/mol. The Morgan fingerprint density at radius 3 is 2.20 bits per heavy atom. The maximum atomic E-state index is 12.3. The van der Waals surface area contributed by atoms with Gasteiger partial charge in [0.2, 0.25) is 10.0 Å². The second-order valence-electron chi connectivity index (χ2n) is 5.13. The lowest BCUT2D eigenvalue weighted by Gasteiger charge is -2.33. The molecule has 0 aromatic heterocycles. The standard InChI is InChI=1S/C12H19N3O4S/c1-9(2)12(3,8-13)14-20(18,19)11-6-4-10(5-7-11)15(16)17/h4-7,9,14H,8,13H2,1-3H3/t12-/m1/s1. The van der Waals surface area contributed by atoms with E-state index in [1.54, 1.807) is 6.92 Å². The van der Waals surface area contributed by atoms with Crippen LogP contribution in [0.2, 0.25) is 0 Å². The van der Waals surface area contributed by atoms with Crippen LogP contribution in [-0.4, -0.2) is 25.4 Å². The van der Waals surface area contributed by atoms with Gasteiger partial charge in [-0.2, -0.15) is 0 Å². The Kier molecular flexibility index (Phi) is 4.85. The van der Waals surface area contributed by atoms with Crippen molar-refractivity contribution >= 4 is 15.7 Å². The SMILES string of the molecule is CC(C)[C@@](C)(CN)NS(=O)(=O)c1ccc([N+](=O)[O-])cc1. The minimum atomic E-state index is -3.77. The fraction of sp³-hybridized carbons (Fsp3) is 0.500. The number of benzene rings is 1. The minimum absolute atomic E-state index is 0.000299. The number of nitrogens with two attached hydrogens (primary N) is 1. The van der Waals surface area contributed by atoms with Gasteiger partial charge in [0.15, 0.2) is 0 Å². The molecule has 1 aromatic rings. The summed E-state index contributed by atoms with van der Waals surface area (Å²) < 4.78 is 27.1. The quantitative estimate of drug-likeness (QED) is 0.606. The van der Waals surface area contributed by atoms with Gasteiger partial charge < -0.3 is 5.73 Å². The van der Waals surface area contributed by atoms with Crippen molar-refractivity contribution in [1.29, 1.82) is 0 Å². The van der Waals surface area contributed by atoms with E-state index in [-0.39, 0.29) is 23.0 Å². The number of hydrogen-bond donors (Lipinski definition) is 2. The summed E-state index contributed by atoms with van der Waals surface area (Å²) in [4.78, 5) is 9.94. The molecule has 0 spiro atoms. The van der Waals surface area contributed by atoms with Gasteiger partial charge in [-0.3, -0.25) is 10.1 Å². The van der Waals surface area contributed by atoms with Crippen molar-refractivity contribution in [3.05, 3.63) is 34.4 Å². The lowest BCUT2D eigenvalue weighted by Crippen LogP contribution is -2.54. The molecule has 112 valence electrons. The van der Waals surface area contributed by atoms with Crippen molar-refractivity contribution in [2.45, 2.75) is 31.2 Å². The predicted octanol–water partition coefficient (Wildman–Crippen LogP) is 1.25. The van der Waals surface area contributed by atoms with Crippen LogP contribution in [0.3, 0.4) is 0 Å². The van der Waals surface area contributed by atoms with E-state index in [4.69, 9.17) is 5.73 Å². The second kappa shape index (κ2) is 5.86. The summed E-state index contributed by atoms with van der Waals surface area (Å²) in [7, 11) is -3.77. The van der Waals surface area contributed by atoms with Gasteiger partial charge in [-0.15, -0.1) is 0 Å². The fourth-order valence-corrected chi connectivity index (χ4v) is 3.05. The summed E-state index contributed by atoms with van der Waals surface area (Å²) in [6.07, 6.45) is 0. The molecule has 0 saturated heterocycles. The molecule has 8 heteroatoms. The molecule has 1 atom stereocenters. The number of sulfonamides is 1. The zero-order valence-corrected chi connectivity index (χ0v) is 12.5. The summed E-state index contributed by atoms with van der Waals surface area (Å²) in [5, 5.41) is 10.6. The average molecular weight is 301 g/mol. The average Bonchev–Trinajstić information content (AvgIpc) is 2.38. The van der Waals surface area contributed by atoms with Gasteiger partial charge in [-0.25, -0.2) is 13.1 Å². The molecule has 0 heterocycles. The number of nitrogens with one attached hydrogen (secondary N) is 1. The normalized spacial score (nSPS) is 15.1. The molecule has 20 heavy (non-hydrogen) atoms. The summed E-state index contributed by atoms with van der Waals surface area (Å²) in [6, 6.07) is 4.73. The molecule has 3 N–H and O–H groups in total. The Labute approximate surface area is 118 Å². The Balaban J connectivity index is 3.08. The monoisotopic (exact) mass is 301 g/mol. The van der Waals surface area contributed by atoms with Crippen LogP contribution < -0.4 is 10.5 Å². The van der Waals surface area contributed by atoms with E-state index < -0.39 is 20.5 Å². The smallest absolute Gasteiger partial charge is 0.269 e. The maximum Gasteiger partial charge on any atom is 0.269 e. The van der Waals surface area contributed by atoms with Gasteiger partial charge >= 0.3 is 0 Å². The van der Waals surface area contributed by atoms with Crippen LogP contribution in [0.25, 0.3) is 0 Å². The number of nitro groups is 1. The first kappa shape index (κ1) is 16.5. The molecule has 7 nitrogen and oxygen atoms in total. The van der Waals surface area contributed by atoms with E-state index in [0.29, 0.717) is 0 Å². The van der Waals surface area contributed by atoms with Gasteiger partial charge in [-0.1, -0.05) is 13.8 Å². The summed E-state index contributed by atoms with van der Waals surface area (Å²) in [5.74, 6) is 0.000299. The third kappa shape index (κ3) is 3.53. The van der Waals surface area contributed by atoms with E-state index in [2.05, 4.69) is 4.72 Å². The number of nitrogens with zero attached hydrogens (tertiary/aromatic N) is 1. The van der Waals surface area contributed by atoms with Gasteiger partial charge in [-0.05, 0) is 25.0 Å². The van der Waals surface area contributed by atoms with Crippen LogP contribution in [0.4, 0.5) is 5.69 Å². The van der Waals surface area contributed by atoms with E-state index in [1.165, 1.54) is 12.1 Å². The van der Waals surface area contributed by atoms with Crippen LogP contribution in [0, 0.1) is 16.0 Å². The second-order valence-corrected chi connectivity index (χ2v) is 6.82. The van der Waals surface area contributed by atoms with Crippen molar-refractivity contribution in [1.82, 2.24) is 4.72 Å². The van der Waals surface area contributed by atoms with Gasteiger partial charge in [0, 0.05) is 24.2 Å². The molecule has 0 amide bonds. The van der Waals surface area contributed by atoms with E-state index >= 15 is 0 Å². The fourth-order valence-electron chi connectivity index (χ4n) is 1.51. The van der Waals surface area contributed by atoms with E-state index in [0.717, 1.165) is 12.1 Å². The Hall–Kier alpha value is -1.51. The van der Waals surface area contributed by atoms with Crippen molar-refractivity contribution in [3.8, 4) is 0 Å². The highest BCUT2D eigenvalue weighted by Gasteiger charge is 2.32. The lowest BCUT2D eigenvalue weighted by atomic mass is 9.90. The summed E-state index contributed by atoms with van der Waals surface area (Å²) >= 11 is 0. The van der Waals surface area contributed by atoms with E-state index in [9.17, 15) is 18.5 Å². The minimum Gasteiger partial charge on any atom is -0.329 e. The highest BCUT2D eigenvalue weighted by Crippen LogP contribution is 2.21. The molecular formula is C12H19N3O4S. The first-order valence-electron chi connectivity index (χ1n) is 6.11. The third-order valence-electron chi connectivity index (χ3n) is 3.42. The highest BCUT2D eigenvalue weighted by molar-refractivity contribution is 7.89. The van der Waals surface area contributed by atoms with Crippen LogP contribution >= 0.6 is 0 Å². The molecule has 0 bridgehead atoms. The molecule has 0 radical (unpaired) electrons. The first-order valence-corrected chi connectivity index (χ1v) is 7.59. The predicted molar refractivity (Wildman–Crippen MR) is 75.7 cm³/mol. The zero-order chi connectivity index (χ0) is 15.6. The Morgan fingerprint density at radius 1 is 1.35 bits per heavy atom. The van der Waals surface area contributed by atoms with Crippen molar-refractivity contribution in [2.75, 3.05) is 6.54 Å². The van der Waals surface area contributed by atoms with Crippen molar-refractivity contribution in [2.24, 2.45) is 11.7 Å². The first-order chi connectivity index (χ1) is 9.12. The summed E-state index contributed by atoms with van der Waals surface area (Å²) in [6.45, 7) is 5.61. The van der Waals surface area contributed by atoms with E-state index in [1.807, 2.05) is 13.8 Å². The number of nitro benzene ring substituents is 1. The van der Waals surface area contributed by atoms with Crippen LogP contribution in [0.15, 0.2) is 29.2 Å². The third-order valence-corrected chi connectivity index (χ3v) is 5.05. The van der Waals surface area contributed by atoms with Crippen LogP contribution in [0.5, 0.6) is 0 Å². The van der Waals surface area contributed by atoms with Gasteiger partial charge in [0.25, 0.3) is 5.69 Å². The van der Waals surface area contributed by atoms with Crippen LogP contribution in [-0.2, 0) is 10.0 Å². The van der Waals surface area contributed by atoms with Gasteiger partial charge in [0.05, 0.1) is 9.82 Å². The lowest BCUT2D eigenvalue weighted by molar-refractivity contribution is -0.384. The summed E-state index contributed by atoms with van der Waals surface area (Å²) in [5.41, 5.74) is 4.71. The molecule has 0 fully saturated rings. The molecule has 1 rings (SSSR count). The highest BCUT2D eigenvalue weighted by atomic mass is 32.2. The molecule has 1 aromatic carbocycles.